The quantitative estimate of drug-likeness (QED) is 0.690. The van der Waals surface area contributed by atoms with Crippen LogP contribution in [0.25, 0.3) is 0 Å². The highest BCUT2D eigenvalue weighted by molar-refractivity contribution is 5.85. The summed E-state index contributed by atoms with van der Waals surface area (Å²) in [5, 5.41) is 3.14. The van der Waals surface area contributed by atoms with E-state index in [2.05, 4.69) is 38.2 Å². The standard InChI is InChI=1S/C17H35N3O.2ClH/c1-14(2)10-15(20(3)4)12-19-16(21)11-17(13-18)8-6-5-7-9-17;;/h14-15H,5-13,18H2,1-4H3,(H,19,21);2*1H. The molecule has 0 spiro atoms. The van der Waals surface area contributed by atoms with Crippen molar-refractivity contribution >= 4 is 30.7 Å². The fraction of sp³-hybridized carbons (Fsp3) is 0.941. The first-order chi connectivity index (χ1) is 9.88. The molecule has 0 aromatic carbocycles. The van der Waals surface area contributed by atoms with Gasteiger partial charge in [0.1, 0.15) is 0 Å². The minimum absolute atomic E-state index is 0. The molecule has 1 aliphatic carbocycles. The van der Waals surface area contributed by atoms with Gasteiger partial charge < -0.3 is 16.0 Å². The fourth-order valence-corrected chi connectivity index (χ4v) is 3.41. The first-order valence-corrected chi connectivity index (χ1v) is 8.52. The molecule has 1 aliphatic rings. The normalized spacial score (nSPS) is 18.0. The van der Waals surface area contributed by atoms with Crippen LogP contribution in [0.4, 0.5) is 0 Å². The van der Waals surface area contributed by atoms with Gasteiger partial charge in [-0.3, -0.25) is 4.79 Å². The zero-order valence-electron chi connectivity index (χ0n) is 15.3. The molecule has 0 aliphatic heterocycles. The van der Waals surface area contributed by atoms with Gasteiger partial charge in [0.15, 0.2) is 0 Å². The van der Waals surface area contributed by atoms with Gasteiger partial charge in [0.2, 0.25) is 5.91 Å². The Bertz CT molecular complexity index is 319. The maximum absolute atomic E-state index is 12.3. The summed E-state index contributed by atoms with van der Waals surface area (Å²) in [6.45, 7) is 5.84. The van der Waals surface area contributed by atoms with Crippen molar-refractivity contribution in [1.82, 2.24) is 10.2 Å². The number of amides is 1. The van der Waals surface area contributed by atoms with E-state index in [1.807, 2.05) is 0 Å². The number of hydrogen-bond donors (Lipinski definition) is 2. The van der Waals surface area contributed by atoms with Crippen LogP contribution in [0.5, 0.6) is 0 Å². The molecule has 6 heteroatoms. The average Bonchev–Trinajstić information content (AvgIpc) is 2.43. The highest BCUT2D eigenvalue weighted by atomic mass is 35.5. The van der Waals surface area contributed by atoms with E-state index in [0.29, 0.717) is 24.9 Å². The Morgan fingerprint density at radius 2 is 1.74 bits per heavy atom. The second-order valence-electron chi connectivity index (χ2n) is 7.49. The second-order valence-corrected chi connectivity index (χ2v) is 7.49. The van der Waals surface area contributed by atoms with Crippen LogP contribution in [-0.4, -0.2) is 44.0 Å². The summed E-state index contributed by atoms with van der Waals surface area (Å²) in [6.07, 6.45) is 7.66. The van der Waals surface area contributed by atoms with Gasteiger partial charge in [-0.2, -0.15) is 0 Å². The van der Waals surface area contributed by atoms with Crippen LogP contribution in [0.15, 0.2) is 0 Å². The number of carbonyl (C=O) groups is 1. The van der Waals surface area contributed by atoms with Crippen LogP contribution in [0.2, 0.25) is 0 Å². The number of nitrogens with two attached hydrogens (primary N) is 1. The maximum atomic E-state index is 12.3. The third-order valence-electron chi connectivity index (χ3n) is 4.89. The zero-order chi connectivity index (χ0) is 15.9. The molecule has 1 saturated carbocycles. The molecule has 1 unspecified atom stereocenters. The molecular formula is C17H37Cl2N3O. The topological polar surface area (TPSA) is 58.4 Å². The summed E-state index contributed by atoms with van der Waals surface area (Å²) in [5.74, 6) is 0.820. The van der Waals surface area contributed by atoms with Crippen LogP contribution in [0.3, 0.4) is 0 Å². The zero-order valence-corrected chi connectivity index (χ0v) is 16.9. The molecule has 1 rings (SSSR count). The van der Waals surface area contributed by atoms with E-state index in [4.69, 9.17) is 5.73 Å². The van der Waals surface area contributed by atoms with Gasteiger partial charge in [-0.1, -0.05) is 33.1 Å². The third kappa shape index (κ3) is 9.13. The van der Waals surface area contributed by atoms with E-state index < -0.39 is 0 Å². The van der Waals surface area contributed by atoms with E-state index in [9.17, 15) is 4.79 Å². The van der Waals surface area contributed by atoms with Crippen LogP contribution >= 0.6 is 24.8 Å². The smallest absolute Gasteiger partial charge is 0.220 e. The van der Waals surface area contributed by atoms with E-state index in [1.54, 1.807) is 0 Å². The lowest BCUT2D eigenvalue weighted by Crippen LogP contribution is -2.44. The maximum Gasteiger partial charge on any atom is 0.220 e. The number of nitrogens with zero attached hydrogens (tertiary/aromatic N) is 1. The van der Waals surface area contributed by atoms with Gasteiger partial charge in [0.05, 0.1) is 0 Å². The van der Waals surface area contributed by atoms with Crippen molar-refractivity contribution in [2.45, 2.75) is 64.8 Å². The first kappa shape index (κ1) is 25.2. The van der Waals surface area contributed by atoms with Gasteiger partial charge in [0, 0.05) is 19.0 Å². The molecule has 3 N–H and O–H groups in total. The number of rotatable bonds is 8. The van der Waals surface area contributed by atoms with Gasteiger partial charge in [-0.25, -0.2) is 0 Å². The van der Waals surface area contributed by atoms with Gasteiger partial charge in [-0.05, 0) is 51.2 Å². The summed E-state index contributed by atoms with van der Waals surface area (Å²) >= 11 is 0. The molecule has 140 valence electrons. The van der Waals surface area contributed by atoms with E-state index in [-0.39, 0.29) is 36.1 Å². The van der Waals surface area contributed by atoms with Gasteiger partial charge in [0.25, 0.3) is 0 Å². The van der Waals surface area contributed by atoms with Gasteiger partial charge >= 0.3 is 0 Å². The average molecular weight is 370 g/mol. The molecule has 0 aromatic rings. The first-order valence-electron chi connectivity index (χ1n) is 8.52. The number of likely N-dealkylation sites (N-methyl/N-ethyl adjacent to an activating group) is 1. The predicted octanol–water partition coefficient (Wildman–Crippen LogP) is 3.22. The molecule has 0 bridgehead atoms. The third-order valence-corrected chi connectivity index (χ3v) is 4.89. The van der Waals surface area contributed by atoms with Crippen molar-refractivity contribution in [3.63, 3.8) is 0 Å². The summed E-state index contributed by atoms with van der Waals surface area (Å²) < 4.78 is 0. The van der Waals surface area contributed by atoms with E-state index in [0.717, 1.165) is 25.8 Å². The van der Waals surface area contributed by atoms with Gasteiger partial charge in [-0.15, -0.1) is 24.8 Å². The minimum Gasteiger partial charge on any atom is -0.355 e. The summed E-state index contributed by atoms with van der Waals surface area (Å²) in [6, 6.07) is 0.411. The highest BCUT2D eigenvalue weighted by Crippen LogP contribution is 2.38. The van der Waals surface area contributed by atoms with Crippen LogP contribution in [0, 0.1) is 11.3 Å². The Morgan fingerprint density at radius 1 is 1.17 bits per heavy atom. The summed E-state index contributed by atoms with van der Waals surface area (Å²) in [7, 11) is 4.17. The molecule has 4 nitrogen and oxygen atoms in total. The highest BCUT2D eigenvalue weighted by Gasteiger charge is 2.33. The SMILES string of the molecule is CC(C)CC(CNC(=O)CC1(CN)CCCCC1)N(C)C.Cl.Cl. The molecule has 1 atom stereocenters. The lowest BCUT2D eigenvalue weighted by molar-refractivity contribution is -0.124. The molecule has 0 radical (unpaired) electrons. The minimum atomic E-state index is 0. The van der Waals surface area contributed by atoms with Crippen LogP contribution in [0.1, 0.15) is 58.8 Å². The lowest BCUT2D eigenvalue weighted by atomic mass is 9.71. The molecule has 1 amide bonds. The van der Waals surface area contributed by atoms with E-state index in [1.165, 1.54) is 19.3 Å². The second kappa shape index (κ2) is 12.3. The molecule has 23 heavy (non-hydrogen) atoms. The van der Waals surface area contributed by atoms with Crippen LogP contribution in [-0.2, 0) is 4.79 Å². The largest absolute Gasteiger partial charge is 0.355 e. The summed E-state index contributed by atoms with van der Waals surface area (Å²) in [5.41, 5.74) is 6.03. The van der Waals surface area contributed by atoms with E-state index >= 15 is 0 Å². The molecule has 0 aromatic heterocycles. The lowest BCUT2D eigenvalue weighted by Gasteiger charge is -2.36. The van der Waals surface area contributed by atoms with Crippen molar-refractivity contribution in [3.05, 3.63) is 0 Å². The Kier molecular flexibility index (Phi) is 13.5. The fourth-order valence-electron chi connectivity index (χ4n) is 3.41. The van der Waals surface area contributed by atoms with Crippen molar-refractivity contribution in [2.75, 3.05) is 27.2 Å². The predicted molar refractivity (Wildman–Crippen MR) is 104 cm³/mol. The van der Waals surface area contributed by atoms with Crippen molar-refractivity contribution < 1.29 is 4.79 Å². The van der Waals surface area contributed by atoms with Crippen LogP contribution < -0.4 is 11.1 Å². The number of carbonyl (C=O) groups excluding carboxylic acids is 1. The van der Waals surface area contributed by atoms with Crippen molar-refractivity contribution in [1.29, 1.82) is 0 Å². The number of halogens is 2. The molecular weight excluding hydrogens is 333 g/mol. The Morgan fingerprint density at radius 3 is 2.17 bits per heavy atom. The number of hydrogen-bond acceptors (Lipinski definition) is 3. The molecule has 1 fully saturated rings. The Balaban J connectivity index is 0. The number of nitrogens with one attached hydrogen (secondary N) is 1. The van der Waals surface area contributed by atoms with Crippen molar-refractivity contribution in [3.8, 4) is 0 Å². The van der Waals surface area contributed by atoms with Crippen molar-refractivity contribution in [2.24, 2.45) is 17.1 Å². The Hall–Kier alpha value is -0.0300. The Labute approximate surface area is 155 Å². The summed E-state index contributed by atoms with van der Waals surface area (Å²) in [4.78, 5) is 14.5. The molecule has 0 saturated heterocycles. The molecule has 0 heterocycles. The monoisotopic (exact) mass is 369 g/mol.